The highest BCUT2D eigenvalue weighted by Gasteiger charge is 2.24. The molecule has 3 nitrogen and oxygen atoms in total. The Morgan fingerprint density at radius 3 is 2.68 bits per heavy atom. The molecule has 1 aromatic heterocycles. The molecule has 0 fully saturated rings. The van der Waals surface area contributed by atoms with E-state index in [9.17, 15) is 9.50 Å². The van der Waals surface area contributed by atoms with Gasteiger partial charge in [-0.25, -0.2) is 4.39 Å². The van der Waals surface area contributed by atoms with Gasteiger partial charge < -0.3 is 10.8 Å². The van der Waals surface area contributed by atoms with Crippen LogP contribution in [0.5, 0.6) is 0 Å². The van der Waals surface area contributed by atoms with Gasteiger partial charge in [0, 0.05) is 29.9 Å². The summed E-state index contributed by atoms with van der Waals surface area (Å²) in [5.41, 5.74) is 7.44. The zero-order valence-electron chi connectivity index (χ0n) is 10.8. The van der Waals surface area contributed by atoms with Crippen molar-refractivity contribution in [2.45, 2.75) is 18.9 Å². The van der Waals surface area contributed by atoms with Gasteiger partial charge in [0.25, 0.3) is 0 Å². The zero-order valence-corrected chi connectivity index (χ0v) is 10.8. The van der Waals surface area contributed by atoms with Gasteiger partial charge in [-0.2, -0.15) is 0 Å². The lowest BCUT2D eigenvalue weighted by atomic mass is 9.91. The maximum Gasteiger partial charge on any atom is 0.129 e. The molecule has 0 spiro atoms. The fraction of sp³-hybridized carbons (Fsp3) is 0.267. The summed E-state index contributed by atoms with van der Waals surface area (Å²) in [6.45, 7) is 2.00. The van der Waals surface area contributed by atoms with Crippen molar-refractivity contribution in [3.63, 3.8) is 0 Å². The van der Waals surface area contributed by atoms with Crippen LogP contribution in [0.25, 0.3) is 0 Å². The van der Waals surface area contributed by atoms with Crippen molar-refractivity contribution in [2.24, 2.45) is 5.73 Å². The summed E-state index contributed by atoms with van der Waals surface area (Å²) in [7, 11) is 0. The average Bonchev–Trinajstić information content (AvgIpc) is 2.40. The first-order chi connectivity index (χ1) is 9.13. The van der Waals surface area contributed by atoms with Crippen LogP contribution in [-0.4, -0.2) is 16.6 Å². The second kappa shape index (κ2) is 5.91. The monoisotopic (exact) mass is 260 g/mol. The summed E-state index contributed by atoms with van der Waals surface area (Å²) in [6.07, 6.45) is 0.636. The normalized spacial score (nSPS) is 14.1. The van der Waals surface area contributed by atoms with E-state index in [1.165, 1.54) is 6.07 Å². The van der Waals surface area contributed by atoms with Crippen molar-refractivity contribution in [1.29, 1.82) is 0 Å². The van der Waals surface area contributed by atoms with Crippen LogP contribution < -0.4 is 5.73 Å². The third-order valence-corrected chi connectivity index (χ3v) is 3.18. The lowest BCUT2D eigenvalue weighted by molar-refractivity contribution is 0.141. The minimum absolute atomic E-state index is 0.200. The molecule has 0 radical (unpaired) electrons. The third kappa shape index (κ3) is 2.97. The van der Waals surface area contributed by atoms with Gasteiger partial charge in [0.05, 0.1) is 6.10 Å². The Bertz CT molecular complexity index is 545. The molecular formula is C15H17FN2O. The van der Waals surface area contributed by atoms with Crippen LogP contribution in [-0.2, 0) is 0 Å². The highest BCUT2D eigenvalue weighted by atomic mass is 19.1. The number of aryl methyl sites for hydroxylation is 1. The van der Waals surface area contributed by atoms with Gasteiger partial charge in [-0.1, -0.05) is 18.2 Å². The van der Waals surface area contributed by atoms with Crippen molar-refractivity contribution in [2.75, 3.05) is 6.54 Å². The summed E-state index contributed by atoms with van der Waals surface area (Å²) in [5, 5.41) is 10.3. The van der Waals surface area contributed by atoms with Crippen LogP contribution in [0.2, 0.25) is 0 Å². The second-order valence-electron chi connectivity index (χ2n) is 4.57. The topological polar surface area (TPSA) is 59.1 Å². The summed E-state index contributed by atoms with van der Waals surface area (Å²) < 4.78 is 13.9. The minimum Gasteiger partial charge on any atom is -0.388 e. The highest BCUT2D eigenvalue weighted by Crippen LogP contribution is 2.30. The molecule has 2 atom stereocenters. The van der Waals surface area contributed by atoms with E-state index in [-0.39, 0.29) is 12.1 Å². The first-order valence-electron chi connectivity index (χ1n) is 6.18. The Morgan fingerprint density at radius 1 is 1.32 bits per heavy atom. The summed E-state index contributed by atoms with van der Waals surface area (Å²) in [6, 6.07) is 10.2. The molecule has 2 rings (SSSR count). The molecule has 0 saturated carbocycles. The maximum absolute atomic E-state index is 13.9. The van der Waals surface area contributed by atoms with Crippen molar-refractivity contribution in [1.82, 2.24) is 4.98 Å². The molecule has 0 aliphatic carbocycles. The highest BCUT2D eigenvalue weighted by molar-refractivity contribution is 5.28. The molecule has 1 aromatic carbocycles. The minimum atomic E-state index is -1.000. The molecular weight excluding hydrogens is 243 g/mol. The van der Waals surface area contributed by atoms with E-state index in [0.29, 0.717) is 5.69 Å². The van der Waals surface area contributed by atoms with E-state index in [1.54, 1.807) is 37.4 Å². The van der Waals surface area contributed by atoms with Gasteiger partial charge in [0.2, 0.25) is 0 Å². The van der Waals surface area contributed by atoms with Crippen molar-refractivity contribution in [3.8, 4) is 0 Å². The number of pyridine rings is 1. The van der Waals surface area contributed by atoms with Crippen molar-refractivity contribution < 1.29 is 9.50 Å². The second-order valence-corrected chi connectivity index (χ2v) is 4.57. The Morgan fingerprint density at radius 2 is 2.11 bits per heavy atom. The first kappa shape index (κ1) is 13.6. The number of aliphatic hydroxyl groups is 1. The standard InChI is InChI=1S/C15H17FN2O/c1-10-5-6-11(13(16)8-10)15(19)12(9-17)14-4-2-3-7-18-14/h2-8,12,15,19H,9,17H2,1H3. The predicted molar refractivity (Wildman–Crippen MR) is 72.1 cm³/mol. The van der Waals surface area contributed by atoms with Gasteiger partial charge in [0.1, 0.15) is 5.82 Å². The molecule has 4 heteroatoms. The molecule has 3 N–H and O–H groups in total. The molecule has 0 bridgehead atoms. The Balaban J connectivity index is 2.33. The van der Waals surface area contributed by atoms with E-state index >= 15 is 0 Å². The number of halogens is 1. The quantitative estimate of drug-likeness (QED) is 0.886. The Labute approximate surface area is 111 Å². The summed E-state index contributed by atoms with van der Waals surface area (Å²) in [5.74, 6) is -0.833. The van der Waals surface area contributed by atoms with Crippen LogP contribution in [0.1, 0.15) is 28.8 Å². The predicted octanol–water partition coefficient (Wildman–Crippen LogP) is 2.31. The largest absolute Gasteiger partial charge is 0.388 e. The summed E-state index contributed by atoms with van der Waals surface area (Å²) in [4.78, 5) is 4.18. The van der Waals surface area contributed by atoms with Crippen LogP contribution >= 0.6 is 0 Å². The number of nitrogens with zero attached hydrogens (tertiary/aromatic N) is 1. The number of aliphatic hydroxyl groups excluding tert-OH is 1. The van der Waals surface area contributed by atoms with Gasteiger partial charge in [-0.3, -0.25) is 4.98 Å². The van der Waals surface area contributed by atoms with E-state index in [2.05, 4.69) is 4.98 Å². The van der Waals surface area contributed by atoms with Crippen LogP contribution in [0.4, 0.5) is 4.39 Å². The van der Waals surface area contributed by atoms with Crippen molar-refractivity contribution in [3.05, 3.63) is 65.2 Å². The maximum atomic E-state index is 13.9. The molecule has 0 amide bonds. The van der Waals surface area contributed by atoms with Gasteiger partial charge in [-0.05, 0) is 30.7 Å². The Hall–Kier alpha value is -1.78. The smallest absolute Gasteiger partial charge is 0.129 e. The number of aromatic nitrogens is 1. The average molecular weight is 260 g/mol. The first-order valence-corrected chi connectivity index (χ1v) is 6.18. The summed E-state index contributed by atoms with van der Waals surface area (Å²) >= 11 is 0. The van der Waals surface area contributed by atoms with Crippen molar-refractivity contribution >= 4 is 0 Å². The molecule has 0 aliphatic heterocycles. The molecule has 19 heavy (non-hydrogen) atoms. The third-order valence-electron chi connectivity index (χ3n) is 3.18. The Kier molecular flexibility index (Phi) is 4.24. The number of hydrogen-bond acceptors (Lipinski definition) is 3. The van der Waals surface area contributed by atoms with Gasteiger partial charge in [0.15, 0.2) is 0 Å². The molecule has 1 heterocycles. The molecule has 2 unspecified atom stereocenters. The molecule has 0 saturated heterocycles. The van der Waals surface area contributed by atoms with Crippen LogP contribution in [0, 0.1) is 12.7 Å². The van der Waals surface area contributed by atoms with E-state index in [4.69, 9.17) is 5.73 Å². The fourth-order valence-corrected chi connectivity index (χ4v) is 2.10. The lowest BCUT2D eigenvalue weighted by Gasteiger charge is -2.21. The fourth-order valence-electron chi connectivity index (χ4n) is 2.10. The zero-order chi connectivity index (χ0) is 13.8. The number of nitrogens with two attached hydrogens (primary N) is 1. The van der Waals surface area contributed by atoms with E-state index < -0.39 is 17.8 Å². The van der Waals surface area contributed by atoms with Gasteiger partial charge >= 0.3 is 0 Å². The van der Waals surface area contributed by atoms with Crippen LogP contribution in [0.3, 0.4) is 0 Å². The number of benzene rings is 1. The molecule has 2 aromatic rings. The van der Waals surface area contributed by atoms with Crippen LogP contribution in [0.15, 0.2) is 42.6 Å². The lowest BCUT2D eigenvalue weighted by Crippen LogP contribution is -2.21. The number of hydrogen-bond donors (Lipinski definition) is 2. The molecule has 100 valence electrons. The van der Waals surface area contributed by atoms with E-state index in [0.717, 1.165) is 5.56 Å². The van der Waals surface area contributed by atoms with Gasteiger partial charge in [-0.15, -0.1) is 0 Å². The molecule has 0 aliphatic rings. The number of rotatable bonds is 4. The van der Waals surface area contributed by atoms with E-state index in [1.807, 2.05) is 6.07 Å². The SMILES string of the molecule is Cc1ccc(C(O)C(CN)c2ccccn2)c(F)c1.